The van der Waals surface area contributed by atoms with E-state index >= 15 is 0 Å². The second-order valence-electron chi connectivity index (χ2n) is 2.87. The summed E-state index contributed by atoms with van der Waals surface area (Å²) in [5.74, 6) is -0.390. The highest BCUT2D eigenvalue weighted by atomic mass is 16.5. The molecule has 14 heavy (non-hydrogen) atoms. The highest BCUT2D eigenvalue weighted by Gasteiger charge is 2.07. The van der Waals surface area contributed by atoms with Gasteiger partial charge in [-0.15, -0.1) is 0 Å². The van der Waals surface area contributed by atoms with Crippen LogP contribution in [-0.4, -0.2) is 24.7 Å². The number of esters is 1. The predicted octanol–water partition coefficient (Wildman–Crippen LogP) is 0.465. The van der Waals surface area contributed by atoms with Gasteiger partial charge in [0, 0.05) is 6.54 Å². The van der Waals surface area contributed by atoms with E-state index in [-0.39, 0.29) is 6.54 Å². The second-order valence-corrected chi connectivity index (χ2v) is 2.87. The molecule has 0 aliphatic rings. The molecule has 0 fully saturated rings. The van der Waals surface area contributed by atoms with Crippen LogP contribution in [-0.2, 0) is 4.74 Å². The summed E-state index contributed by atoms with van der Waals surface area (Å²) >= 11 is 0. The Hall–Kier alpha value is -1.39. The Balaban J connectivity index is 2.83. The number of carbonyl (C=O) groups excluding carboxylic acids is 1. The van der Waals surface area contributed by atoms with Crippen LogP contribution in [0.25, 0.3) is 0 Å². The van der Waals surface area contributed by atoms with Crippen LogP contribution < -0.4 is 5.73 Å². The van der Waals surface area contributed by atoms with Crippen molar-refractivity contribution in [2.24, 2.45) is 5.73 Å². The maximum absolute atomic E-state index is 11.1. The van der Waals surface area contributed by atoms with Crippen LogP contribution >= 0.6 is 0 Å². The first-order valence-corrected chi connectivity index (χ1v) is 4.25. The van der Waals surface area contributed by atoms with Gasteiger partial charge >= 0.3 is 5.97 Å². The first-order valence-electron chi connectivity index (χ1n) is 4.25. The van der Waals surface area contributed by atoms with E-state index in [0.717, 1.165) is 0 Å². The zero-order chi connectivity index (χ0) is 10.6. The summed E-state index contributed by atoms with van der Waals surface area (Å²) in [5, 5.41) is 9.37. The monoisotopic (exact) mass is 195 g/mol. The number of aliphatic hydroxyl groups is 1. The molecule has 0 bridgehead atoms. The molecule has 1 atom stereocenters. The lowest BCUT2D eigenvalue weighted by Crippen LogP contribution is -2.11. The molecule has 0 spiro atoms. The Morgan fingerprint density at radius 1 is 1.50 bits per heavy atom. The van der Waals surface area contributed by atoms with E-state index in [0.29, 0.717) is 11.1 Å². The highest BCUT2D eigenvalue weighted by molar-refractivity contribution is 5.89. The van der Waals surface area contributed by atoms with E-state index in [1.807, 2.05) is 0 Å². The number of aliphatic hydroxyl groups excluding tert-OH is 1. The van der Waals surface area contributed by atoms with Crippen molar-refractivity contribution in [3.05, 3.63) is 35.4 Å². The van der Waals surface area contributed by atoms with Gasteiger partial charge in [-0.05, 0) is 17.7 Å². The SMILES string of the molecule is COC(=O)c1ccc([C@@H](O)CN)cc1. The summed E-state index contributed by atoms with van der Waals surface area (Å²) in [6.45, 7) is 0.164. The number of hydrogen-bond acceptors (Lipinski definition) is 4. The minimum Gasteiger partial charge on any atom is -0.465 e. The molecule has 0 unspecified atom stereocenters. The van der Waals surface area contributed by atoms with E-state index in [9.17, 15) is 9.90 Å². The van der Waals surface area contributed by atoms with E-state index in [4.69, 9.17) is 5.73 Å². The molecule has 76 valence electrons. The lowest BCUT2D eigenvalue weighted by molar-refractivity contribution is 0.0600. The summed E-state index contributed by atoms with van der Waals surface area (Å²) in [6, 6.07) is 6.51. The van der Waals surface area contributed by atoms with Gasteiger partial charge in [0.1, 0.15) is 0 Å². The molecule has 0 aliphatic heterocycles. The lowest BCUT2D eigenvalue weighted by Gasteiger charge is -2.07. The van der Waals surface area contributed by atoms with Gasteiger partial charge in [-0.2, -0.15) is 0 Å². The van der Waals surface area contributed by atoms with Crippen LogP contribution in [0.1, 0.15) is 22.0 Å². The number of ether oxygens (including phenoxy) is 1. The van der Waals surface area contributed by atoms with Crippen molar-refractivity contribution in [1.82, 2.24) is 0 Å². The van der Waals surface area contributed by atoms with Gasteiger partial charge in [0.2, 0.25) is 0 Å². The molecule has 0 radical (unpaired) electrons. The van der Waals surface area contributed by atoms with Crippen LogP contribution in [0.2, 0.25) is 0 Å². The average molecular weight is 195 g/mol. The van der Waals surface area contributed by atoms with Gasteiger partial charge in [-0.3, -0.25) is 0 Å². The zero-order valence-corrected chi connectivity index (χ0v) is 7.93. The fourth-order valence-electron chi connectivity index (χ4n) is 1.10. The maximum atomic E-state index is 11.1. The Morgan fingerprint density at radius 2 is 2.07 bits per heavy atom. The molecule has 4 nitrogen and oxygen atoms in total. The molecule has 0 amide bonds. The first kappa shape index (κ1) is 10.7. The van der Waals surface area contributed by atoms with E-state index in [1.165, 1.54) is 7.11 Å². The Morgan fingerprint density at radius 3 is 2.50 bits per heavy atom. The smallest absolute Gasteiger partial charge is 0.337 e. The molecule has 0 aromatic heterocycles. The zero-order valence-electron chi connectivity index (χ0n) is 7.93. The molecule has 4 heteroatoms. The van der Waals surface area contributed by atoms with Gasteiger partial charge in [-0.1, -0.05) is 12.1 Å². The third-order valence-corrected chi connectivity index (χ3v) is 1.94. The quantitative estimate of drug-likeness (QED) is 0.687. The molecule has 0 aliphatic carbocycles. The van der Waals surface area contributed by atoms with Gasteiger partial charge in [0.15, 0.2) is 0 Å². The first-order chi connectivity index (χ1) is 6.69. The molecule has 1 aromatic carbocycles. The fraction of sp³-hybridized carbons (Fsp3) is 0.300. The number of benzene rings is 1. The van der Waals surface area contributed by atoms with Crippen LogP contribution in [0.4, 0.5) is 0 Å². The van der Waals surface area contributed by atoms with Crippen molar-refractivity contribution < 1.29 is 14.6 Å². The summed E-state index contributed by atoms with van der Waals surface area (Å²) < 4.78 is 4.54. The van der Waals surface area contributed by atoms with Crippen molar-refractivity contribution >= 4 is 5.97 Å². The summed E-state index contributed by atoms with van der Waals surface area (Å²) in [6.07, 6.45) is -0.679. The molecule has 1 aromatic rings. The molecule has 1 rings (SSSR count). The number of methoxy groups -OCH3 is 1. The highest BCUT2D eigenvalue weighted by Crippen LogP contribution is 2.12. The summed E-state index contributed by atoms with van der Waals surface area (Å²) in [5.41, 5.74) is 6.44. The maximum Gasteiger partial charge on any atom is 0.337 e. The third kappa shape index (κ3) is 2.31. The van der Waals surface area contributed by atoms with Gasteiger partial charge in [-0.25, -0.2) is 4.79 Å². The Kier molecular flexibility index (Phi) is 3.62. The van der Waals surface area contributed by atoms with E-state index in [1.54, 1.807) is 24.3 Å². The van der Waals surface area contributed by atoms with Crippen LogP contribution in [0.3, 0.4) is 0 Å². The lowest BCUT2D eigenvalue weighted by atomic mass is 10.1. The number of nitrogens with two attached hydrogens (primary N) is 1. The van der Waals surface area contributed by atoms with Crippen molar-refractivity contribution in [3.8, 4) is 0 Å². The molecular weight excluding hydrogens is 182 g/mol. The fourth-order valence-corrected chi connectivity index (χ4v) is 1.10. The van der Waals surface area contributed by atoms with Crippen molar-refractivity contribution in [2.45, 2.75) is 6.10 Å². The second kappa shape index (κ2) is 4.74. The minimum atomic E-state index is -0.679. The number of hydrogen-bond donors (Lipinski definition) is 2. The Labute approximate surface area is 82.3 Å². The van der Waals surface area contributed by atoms with Gasteiger partial charge < -0.3 is 15.6 Å². The van der Waals surface area contributed by atoms with Crippen molar-refractivity contribution in [2.75, 3.05) is 13.7 Å². The van der Waals surface area contributed by atoms with E-state index < -0.39 is 12.1 Å². The molecule has 0 saturated carbocycles. The minimum absolute atomic E-state index is 0.164. The Bertz CT molecular complexity index is 308. The van der Waals surface area contributed by atoms with Gasteiger partial charge in [0.05, 0.1) is 18.8 Å². The topological polar surface area (TPSA) is 72.5 Å². The van der Waals surface area contributed by atoms with Gasteiger partial charge in [0.25, 0.3) is 0 Å². The molecule has 3 N–H and O–H groups in total. The number of carbonyl (C=O) groups is 1. The van der Waals surface area contributed by atoms with Crippen LogP contribution in [0.5, 0.6) is 0 Å². The molecular formula is C10H13NO3. The molecule has 0 saturated heterocycles. The van der Waals surface area contributed by atoms with E-state index in [2.05, 4.69) is 4.74 Å². The van der Waals surface area contributed by atoms with Crippen molar-refractivity contribution in [1.29, 1.82) is 0 Å². The van der Waals surface area contributed by atoms with Crippen LogP contribution in [0, 0.1) is 0 Å². The summed E-state index contributed by atoms with van der Waals surface area (Å²) in [7, 11) is 1.32. The standard InChI is InChI=1S/C10H13NO3/c1-14-10(13)8-4-2-7(3-5-8)9(12)6-11/h2-5,9,12H,6,11H2,1H3/t9-/m0/s1. The average Bonchev–Trinajstić information content (AvgIpc) is 2.27. The van der Waals surface area contributed by atoms with Crippen molar-refractivity contribution in [3.63, 3.8) is 0 Å². The number of rotatable bonds is 3. The predicted molar refractivity (Wildman–Crippen MR) is 51.8 cm³/mol. The third-order valence-electron chi connectivity index (χ3n) is 1.94. The van der Waals surface area contributed by atoms with Crippen LogP contribution in [0.15, 0.2) is 24.3 Å². The largest absolute Gasteiger partial charge is 0.465 e. The normalized spacial score (nSPS) is 12.2. The molecule has 0 heterocycles. The summed E-state index contributed by atoms with van der Waals surface area (Å²) in [4.78, 5) is 11.1.